The van der Waals surface area contributed by atoms with Gasteiger partial charge in [0.05, 0.1) is 0 Å². The second kappa shape index (κ2) is 5.85. The lowest BCUT2D eigenvalue weighted by molar-refractivity contribution is 0.835. The van der Waals surface area contributed by atoms with Crippen molar-refractivity contribution in [2.24, 2.45) is 0 Å². The molecular formula is C21H32Si. The van der Waals surface area contributed by atoms with Crippen LogP contribution in [0.2, 0.25) is 17.1 Å². The third-order valence-corrected chi connectivity index (χ3v) is 12.7. The molecule has 1 atom stereocenters. The number of hydrogen-bond acceptors (Lipinski definition) is 0. The predicted octanol–water partition coefficient (Wildman–Crippen LogP) is 6.06. The Bertz CT molecular complexity index is 624. The predicted molar refractivity (Wildman–Crippen MR) is 103 cm³/mol. The second-order valence-corrected chi connectivity index (χ2v) is 12.6. The largest absolute Gasteiger partial charge is 0.100 e. The van der Waals surface area contributed by atoms with Crippen molar-refractivity contribution < 1.29 is 0 Å². The first-order valence-electron chi connectivity index (χ1n) is 8.68. The summed E-state index contributed by atoms with van der Waals surface area (Å²) in [6, 6.07) is 9.86. The van der Waals surface area contributed by atoms with E-state index in [4.69, 9.17) is 0 Å². The lowest BCUT2D eigenvalue weighted by Gasteiger charge is -2.45. The Balaban J connectivity index is 2.74. The minimum absolute atomic E-state index is 0.255. The molecule has 0 spiro atoms. The fraction of sp³-hybridized carbons (Fsp3) is 0.524. The molecular weight excluding hydrogens is 280 g/mol. The van der Waals surface area contributed by atoms with Gasteiger partial charge in [-0.3, -0.25) is 0 Å². The standard InChI is InChI=1S/C21H32Si/c1-9-22(10-2,20-12-15(3)11-16(4)13-20)21(8)14-17(5)18(6)19(21)7/h11-14H,9-10H2,1-8H3. The van der Waals surface area contributed by atoms with Gasteiger partial charge >= 0.3 is 0 Å². The Morgan fingerprint density at radius 2 is 1.36 bits per heavy atom. The lowest BCUT2D eigenvalue weighted by atomic mass is 10.0. The van der Waals surface area contributed by atoms with Gasteiger partial charge in [0.15, 0.2) is 0 Å². The van der Waals surface area contributed by atoms with E-state index in [9.17, 15) is 0 Å². The number of hydrogen-bond donors (Lipinski definition) is 0. The summed E-state index contributed by atoms with van der Waals surface area (Å²) in [4.78, 5) is 0. The van der Waals surface area contributed by atoms with Crippen molar-refractivity contribution in [2.75, 3.05) is 0 Å². The lowest BCUT2D eigenvalue weighted by Crippen LogP contribution is -2.55. The average molecular weight is 313 g/mol. The Morgan fingerprint density at radius 1 is 0.864 bits per heavy atom. The molecule has 0 nitrogen and oxygen atoms in total. The third-order valence-electron chi connectivity index (χ3n) is 6.41. The van der Waals surface area contributed by atoms with Crippen LogP contribution in [0.25, 0.3) is 0 Å². The van der Waals surface area contributed by atoms with Gasteiger partial charge in [-0.25, -0.2) is 0 Å². The van der Waals surface area contributed by atoms with Crippen LogP contribution < -0.4 is 5.19 Å². The molecule has 1 aliphatic carbocycles. The van der Waals surface area contributed by atoms with E-state index in [0.29, 0.717) is 0 Å². The summed E-state index contributed by atoms with van der Waals surface area (Å²) in [5, 5.41) is 1.90. The van der Waals surface area contributed by atoms with Crippen molar-refractivity contribution in [2.45, 2.75) is 72.5 Å². The molecule has 0 amide bonds. The van der Waals surface area contributed by atoms with Crippen LogP contribution in [0.4, 0.5) is 0 Å². The zero-order valence-electron chi connectivity index (χ0n) is 15.7. The fourth-order valence-corrected chi connectivity index (χ4v) is 10.6. The number of rotatable bonds is 4. The fourth-order valence-electron chi connectivity index (χ4n) is 4.78. The van der Waals surface area contributed by atoms with Crippen LogP contribution in [0.15, 0.2) is 41.0 Å². The van der Waals surface area contributed by atoms with E-state index in [-0.39, 0.29) is 5.04 Å². The highest BCUT2D eigenvalue weighted by molar-refractivity contribution is 6.95. The normalized spacial score (nSPS) is 22.3. The van der Waals surface area contributed by atoms with E-state index in [1.807, 2.05) is 0 Å². The summed E-state index contributed by atoms with van der Waals surface area (Å²) < 4.78 is 0. The summed E-state index contributed by atoms with van der Waals surface area (Å²) in [7, 11) is -1.65. The van der Waals surface area contributed by atoms with Crippen LogP contribution in [-0.4, -0.2) is 8.07 Å². The van der Waals surface area contributed by atoms with Gasteiger partial charge in [-0.1, -0.05) is 84.6 Å². The van der Waals surface area contributed by atoms with Gasteiger partial charge in [0.1, 0.15) is 8.07 Å². The van der Waals surface area contributed by atoms with Crippen LogP contribution in [0, 0.1) is 13.8 Å². The molecule has 1 unspecified atom stereocenters. The van der Waals surface area contributed by atoms with Crippen molar-refractivity contribution in [1.29, 1.82) is 0 Å². The topological polar surface area (TPSA) is 0 Å². The molecule has 1 aromatic rings. The van der Waals surface area contributed by atoms with E-state index in [2.05, 4.69) is 79.7 Å². The number of aryl methyl sites for hydroxylation is 2. The number of benzene rings is 1. The summed E-state index contributed by atoms with van der Waals surface area (Å²) in [6.45, 7) is 18.8. The highest BCUT2D eigenvalue weighted by atomic mass is 28.3. The summed E-state index contributed by atoms with van der Waals surface area (Å²) in [5.41, 5.74) is 7.44. The third kappa shape index (κ3) is 2.34. The van der Waals surface area contributed by atoms with Gasteiger partial charge in [0, 0.05) is 5.04 Å². The van der Waals surface area contributed by atoms with Crippen molar-refractivity contribution in [1.82, 2.24) is 0 Å². The van der Waals surface area contributed by atoms with Crippen molar-refractivity contribution in [3.05, 3.63) is 52.1 Å². The first-order chi connectivity index (χ1) is 10.2. The highest BCUT2D eigenvalue weighted by Gasteiger charge is 2.50. The molecule has 22 heavy (non-hydrogen) atoms. The van der Waals surface area contributed by atoms with Crippen molar-refractivity contribution in [3.63, 3.8) is 0 Å². The highest BCUT2D eigenvalue weighted by Crippen LogP contribution is 2.55. The van der Waals surface area contributed by atoms with E-state index in [1.165, 1.54) is 34.4 Å². The molecule has 2 rings (SSSR count). The molecule has 0 bridgehead atoms. The SMILES string of the molecule is CC[Si](CC)(c1cc(C)cc(C)c1)C1(C)C=C(C)C(C)=C1C. The maximum absolute atomic E-state index is 2.59. The van der Waals surface area contributed by atoms with Gasteiger partial charge in [-0.05, 0) is 40.2 Å². The van der Waals surface area contributed by atoms with E-state index >= 15 is 0 Å². The molecule has 0 heterocycles. The molecule has 0 aromatic heterocycles. The van der Waals surface area contributed by atoms with Crippen molar-refractivity contribution in [3.8, 4) is 0 Å². The van der Waals surface area contributed by atoms with Crippen LogP contribution >= 0.6 is 0 Å². The van der Waals surface area contributed by atoms with E-state index in [1.54, 1.807) is 10.8 Å². The van der Waals surface area contributed by atoms with Gasteiger partial charge in [0.25, 0.3) is 0 Å². The zero-order chi connectivity index (χ0) is 16.7. The zero-order valence-corrected chi connectivity index (χ0v) is 16.7. The van der Waals surface area contributed by atoms with E-state index < -0.39 is 8.07 Å². The molecule has 0 radical (unpaired) electrons. The van der Waals surface area contributed by atoms with E-state index in [0.717, 1.165) is 0 Å². The Kier molecular flexibility index (Phi) is 4.59. The Labute approximate surface area is 138 Å². The maximum atomic E-state index is 2.59. The maximum Gasteiger partial charge on any atom is 0.100 e. The monoisotopic (exact) mass is 312 g/mol. The molecule has 1 aromatic carbocycles. The summed E-state index contributed by atoms with van der Waals surface area (Å²) >= 11 is 0. The molecule has 120 valence electrons. The average Bonchev–Trinajstić information content (AvgIpc) is 2.64. The molecule has 0 aliphatic heterocycles. The van der Waals surface area contributed by atoms with Crippen LogP contribution in [-0.2, 0) is 0 Å². The van der Waals surface area contributed by atoms with Gasteiger partial charge < -0.3 is 0 Å². The molecule has 0 saturated carbocycles. The van der Waals surface area contributed by atoms with Crippen LogP contribution in [0.1, 0.15) is 52.7 Å². The Morgan fingerprint density at radius 3 is 1.73 bits per heavy atom. The summed E-state index contributed by atoms with van der Waals surface area (Å²) in [5.74, 6) is 0. The molecule has 1 aliphatic rings. The molecule has 0 saturated heterocycles. The van der Waals surface area contributed by atoms with Crippen LogP contribution in [0.3, 0.4) is 0 Å². The van der Waals surface area contributed by atoms with Gasteiger partial charge in [-0.2, -0.15) is 0 Å². The van der Waals surface area contributed by atoms with Gasteiger partial charge in [-0.15, -0.1) is 0 Å². The molecule has 1 heteroatoms. The van der Waals surface area contributed by atoms with Crippen molar-refractivity contribution >= 4 is 13.3 Å². The molecule has 0 N–H and O–H groups in total. The smallest absolute Gasteiger partial charge is 0.0737 e. The second-order valence-electron chi connectivity index (χ2n) is 7.45. The van der Waals surface area contributed by atoms with Gasteiger partial charge in [0.2, 0.25) is 0 Å². The molecule has 0 fully saturated rings. The quantitative estimate of drug-likeness (QED) is 0.593. The summed E-state index contributed by atoms with van der Waals surface area (Å²) in [6.07, 6.45) is 2.59. The number of allylic oxidation sites excluding steroid dienone is 4. The first kappa shape index (κ1) is 17.3. The Hall–Kier alpha value is -1.08. The minimum Gasteiger partial charge on any atom is -0.0737 e. The van der Waals surface area contributed by atoms with Crippen LogP contribution in [0.5, 0.6) is 0 Å². The minimum atomic E-state index is -1.65. The first-order valence-corrected chi connectivity index (χ1v) is 11.1.